The summed E-state index contributed by atoms with van der Waals surface area (Å²) in [6, 6.07) is 14.7. The van der Waals surface area contributed by atoms with Crippen molar-refractivity contribution in [2.45, 2.75) is 6.54 Å². The first-order chi connectivity index (χ1) is 11.1. The molecule has 23 heavy (non-hydrogen) atoms. The molecule has 0 aliphatic rings. The first kappa shape index (κ1) is 17.2. The highest BCUT2D eigenvalue weighted by atomic mass is 79.9. The van der Waals surface area contributed by atoms with Crippen molar-refractivity contribution < 1.29 is 9.53 Å². The maximum absolute atomic E-state index is 12.0. The zero-order valence-electron chi connectivity index (χ0n) is 12.4. The largest absolute Gasteiger partial charge is 0.497 e. The normalized spacial score (nSPS) is 9.83. The molecule has 0 saturated carbocycles. The van der Waals surface area contributed by atoms with Crippen LogP contribution in [0.5, 0.6) is 5.75 Å². The molecule has 3 N–H and O–H groups in total. The number of benzene rings is 2. The van der Waals surface area contributed by atoms with Crippen molar-refractivity contribution in [3.63, 3.8) is 0 Å². The van der Waals surface area contributed by atoms with Gasteiger partial charge in [-0.1, -0.05) is 34.1 Å². The maximum Gasteiger partial charge on any atom is 0.269 e. The third kappa shape index (κ3) is 5.54. The lowest BCUT2D eigenvalue weighted by Gasteiger charge is -2.12. The highest BCUT2D eigenvalue weighted by molar-refractivity contribution is 9.10. The van der Waals surface area contributed by atoms with E-state index >= 15 is 0 Å². The van der Waals surface area contributed by atoms with Crippen LogP contribution in [0.4, 0.5) is 0 Å². The van der Waals surface area contributed by atoms with E-state index in [4.69, 9.17) is 17.0 Å². The quantitative estimate of drug-likeness (QED) is 0.550. The highest BCUT2D eigenvalue weighted by Gasteiger charge is 2.05. The lowest BCUT2D eigenvalue weighted by Crippen LogP contribution is -2.46. The average Bonchev–Trinajstić information content (AvgIpc) is 2.58. The van der Waals surface area contributed by atoms with E-state index in [-0.39, 0.29) is 5.91 Å². The van der Waals surface area contributed by atoms with Gasteiger partial charge >= 0.3 is 0 Å². The van der Waals surface area contributed by atoms with Crippen LogP contribution in [0.15, 0.2) is 53.0 Å². The molecule has 0 atom stereocenters. The topological polar surface area (TPSA) is 62.4 Å². The molecule has 0 fully saturated rings. The average molecular weight is 394 g/mol. The summed E-state index contributed by atoms with van der Waals surface area (Å²) in [4.78, 5) is 12.0. The Bertz CT molecular complexity index is 692. The van der Waals surface area contributed by atoms with Gasteiger partial charge in [-0.3, -0.25) is 15.6 Å². The summed E-state index contributed by atoms with van der Waals surface area (Å²) in [5.74, 6) is 0.538. The minimum absolute atomic E-state index is 0.264. The molecule has 0 heterocycles. The van der Waals surface area contributed by atoms with Crippen LogP contribution < -0.4 is 20.9 Å². The van der Waals surface area contributed by atoms with Gasteiger partial charge in [0.05, 0.1) is 7.11 Å². The molecule has 0 aliphatic carbocycles. The number of thiocarbonyl (C=S) groups is 1. The Labute approximate surface area is 148 Å². The third-order valence-corrected chi connectivity index (χ3v) is 3.73. The number of amides is 1. The van der Waals surface area contributed by atoms with Gasteiger partial charge in [-0.2, -0.15) is 0 Å². The zero-order chi connectivity index (χ0) is 16.7. The Morgan fingerprint density at radius 1 is 1.17 bits per heavy atom. The van der Waals surface area contributed by atoms with Gasteiger partial charge < -0.3 is 10.1 Å². The van der Waals surface area contributed by atoms with Crippen molar-refractivity contribution in [3.8, 4) is 5.75 Å². The zero-order valence-corrected chi connectivity index (χ0v) is 14.8. The molecule has 2 aromatic carbocycles. The number of carbonyl (C=O) groups excluding carboxylic acids is 1. The molecule has 0 aliphatic heterocycles. The molecule has 2 rings (SSSR count). The molecule has 0 bridgehead atoms. The van der Waals surface area contributed by atoms with Gasteiger partial charge in [0.25, 0.3) is 5.91 Å². The Kier molecular flexibility index (Phi) is 6.37. The van der Waals surface area contributed by atoms with Gasteiger partial charge in [0, 0.05) is 16.6 Å². The number of hydrogen-bond acceptors (Lipinski definition) is 3. The van der Waals surface area contributed by atoms with Crippen molar-refractivity contribution >= 4 is 39.2 Å². The lowest BCUT2D eigenvalue weighted by atomic mass is 10.2. The lowest BCUT2D eigenvalue weighted by molar-refractivity contribution is 0.0943. The van der Waals surface area contributed by atoms with Crippen LogP contribution in [0.3, 0.4) is 0 Å². The van der Waals surface area contributed by atoms with E-state index in [9.17, 15) is 4.79 Å². The van der Waals surface area contributed by atoms with Crippen molar-refractivity contribution in [1.82, 2.24) is 16.2 Å². The fourth-order valence-corrected chi connectivity index (χ4v) is 2.31. The van der Waals surface area contributed by atoms with Gasteiger partial charge in [-0.15, -0.1) is 0 Å². The second-order valence-corrected chi connectivity index (χ2v) is 5.94. The molecule has 7 heteroatoms. The maximum atomic E-state index is 12.0. The van der Waals surface area contributed by atoms with Crippen LogP contribution in [0, 0.1) is 0 Å². The van der Waals surface area contributed by atoms with Gasteiger partial charge in [-0.05, 0) is 48.1 Å². The SMILES string of the molecule is COc1ccc(CNC(=S)NNC(=O)c2cccc(Br)c2)cc1. The third-order valence-electron chi connectivity index (χ3n) is 2.99. The van der Waals surface area contributed by atoms with Gasteiger partial charge in [0.1, 0.15) is 5.75 Å². The van der Waals surface area contributed by atoms with Crippen LogP contribution in [0.2, 0.25) is 0 Å². The number of ether oxygens (including phenoxy) is 1. The number of hydrazine groups is 1. The molecule has 0 unspecified atom stereocenters. The van der Waals surface area contributed by atoms with Crippen LogP contribution >= 0.6 is 28.1 Å². The van der Waals surface area contributed by atoms with E-state index in [1.54, 1.807) is 25.3 Å². The predicted octanol–water partition coefficient (Wildman–Crippen LogP) is 2.77. The molecule has 0 aromatic heterocycles. The Hall–Kier alpha value is -2.12. The number of rotatable bonds is 4. The molecule has 5 nitrogen and oxygen atoms in total. The number of methoxy groups -OCH3 is 1. The number of halogens is 1. The minimum atomic E-state index is -0.264. The molecular formula is C16H16BrN3O2S. The molecular weight excluding hydrogens is 378 g/mol. The first-order valence-electron chi connectivity index (χ1n) is 6.81. The predicted molar refractivity (Wildman–Crippen MR) is 97.2 cm³/mol. The summed E-state index contributed by atoms with van der Waals surface area (Å²) in [5.41, 5.74) is 6.80. The number of nitrogens with one attached hydrogen (secondary N) is 3. The van der Waals surface area contributed by atoms with Crippen molar-refractivity contribution in [2.24, 2.45) is 0 Å². The van der Waals surface area contributed by atoms with Crippen molar-refractivity contribution in [1.29, 1.82) is 0 Å². The van der Waals surface area contributed by atoms with E-state index in [2.05, 4.69) is 32.1 Å². The Morgan fingerprint density at radius 2 is 1.91 bits per heavy atom. The van der Waals surface area contributed by atoms with E-state index < -0.39 is 0 Å². The molecule has 2 aromatic rings. The summed E-state index contributed by atoms with van der Waals surface area (Å²) in [6.07, 6.45) is 0. The molecule has 0 spiro atoms. The van der Waals surface area contributed by atoms with E-state index in [1.807, 2.05) is 30.3 Å². The molecule has 1 amide bonds. The summed E-state index contributed by atoms with van der Waals surface area (Å²) in [7, 11) is 1.63. The van der Waals surface area contributed by atoms with E-state index in [0.29, 0.717) is 17.2 Å². The smallest absolute Gasteiger partial charge is 0.269 e. The summed E-state index contributed by atoms with van der Waals surface area (Å²) in [6.45, 7) is 0.544. The summed E-state index contributed by atoms with van der Waals surface area (Å²) >= 11 is 8.45. The first-order valence-corrected chi connectivity index (χ1v) is 8.01. The summed E-state index contributed by atoms with van der Waals surface area (Å²) in [5, 5.41) is 3.35. The van der Waals surface area contributed by atoms with Gasteiger partial charge in [0.2, 0.25) is 0 Å². The van der Waals surface area contributed by atoms with Gasteiger partial charge in [-0.25, -0.2) is 0 Å². The van der Waals surface area contributed by atoms with Crippen molar-refractivity contribution in [2.75, 3.05) is 7.11 Å². The second kappa shape index (κ2) is 8.50. The van der Waals surface area contributed by atoms with E-state index in [0.717, 1.165) is 15.8 Å². The van der Waals surface area contributed by atoms with Crippen LogP contribution in [0.25, 0.3) is 0 Å². The number of hydrogen-bond donors (Lipinski definition) is 3. The van der Waals surface area contributed by atoms with Crippen LogP contribution in [-0.4, -0.2) is 18.1 Å². The Balaban J connectivity index is 1.77. The Morgan fingerprint density at radius 3 is 2.57 bits per heavy atom. The van der Waals surface area contributed by atoms with Crippen LogP contribution in [0.1, 0.15) is 15.9 Å². The second-order valence-electron chi connectivity index (χ2n) is 4.62. The fourth-order valence-electron chi connectivity index (χ4n) is 1.79. The van der Waals surface area contributed by atoms with Crippen LogP contribution in [-0.2, 0) is 6.54 Å². The summed E-state index contributed by atoms with van der Waals surface area (Å²) < 4.78 is 5.94. The molecule has 120 valence electrons. The standard InChI is InChI=1S/C16H16BrN3O2S/c1-22-14-7-5-11(6-8-14)10-18-16(23)20-19-15(21)12-3-2-4-13(17)9-12/h2-9H,10H2,1H3,(H,19,21)(H2,18,20,23). The molecule has 0 saturated heterocycles. The minimum Gasteiger partial charge on any atom is -0.497 e. The number of carbonyl (C=O) groups is 1. The monoisotopic (exact) mass is 393 g/mol. The highest BCUT2D eigenvalue weighted by Crippen LogP contribution is 2.11. The van der Waals surface area contributed by atoms with Gasteiger partial charge in [0.15, 0.2) is 5.11 Å². The fraction of sp³-hybridized carbons (Fsp3) is 0.125. The molecule has 0 radical (unpaired) electrons. The van der Waals surface area contributed by atoms with E-state index in [1.165, 1.54) is 0 Å². The van der Waals surface area contributed by atoms with Crippen molar-refractivity contribution in [3.05, 3.63) is 64.1 Å².